The summed E-state index contributed by atoms with van der Waals surface area (Å²) in [6.07, 6.45) is -7.89. The van der Waals surface area contributed by atoms with Crippen LogP contribution in [0.15, 0.2) is 10.7 Å². The molecule has 0 spiro atoms. The summed E-state index contributed by atoms with van der Waals surface area (Å²) in [6.45, 7) is 0. The Kier molecular flexibility index (Phi) is 4.12. The van der Waals surface area contributed by atoms with E-state index in [2.05, 4.69) is 30.4 Å². The Hall–Kier alpha value is -1.12. The van der Waals surface area contributed by atoms with Gasteiger partial charge in [-0.05, 0) is 15.9 Å². The SMILES string of the molecule is COc1cc(OC(F)(F)F)nc(Br)c1C(F)F. The van der Waals surface area contributed by atoms with Crippen LogP contribution in [0.25, 0.3) is 0 Å². The number of hydrogen-bond donors (Lipinski definition) is 0. The van der Waals surface area contributed by atoms with Gasteiger partial charge in [-0.15, -0.1) is 13.2 Å². The fraction of sp³-hybridized carbons (Fsp3) is 0.375. The standard InChI is InChI=1S/C8H5BrF5NO2/c1-16-3-2-4(17-8(12,13)14)15-6(9)5(3)7(10)11/h2,7H,1H3. The van der Waals surface area contributed by atoms with E-state index in [1.54, 1.807) is 0 Å². The maximum atomic E-state index is 12.5. The number of ether oxygens (including phenoxy) is 2. The Labute approximate surface area is 101 Å². The molecule has 0 unspecified atom stereocenters. The van der Waals surface area contributed by atoms with Crippen molar-refractivity contribution >= 4 is 15.9 Å². The van der Waals surface area contributed by atoms with E-state index >= 15 is 0 Å². The Morgan fingerprint density at radius 2 is 1.94 bits per heavy atom. The number of nitrogens with zero attached hydrogens (tertiary/aromatic N) is 1. The summed E-state index contributed by atoms with van der Waals surface area (Å²) in [5.41, 5.74) is -0.637. The van der Waals surface area contributed by atoms with E-state index in [9.17, 15) is 22.0 Å². The number of halogens is 6. The Bertz CT molecular complexity index is 410. The zero-order valence-corrected chi connectivity index (χ0v) is 9.77. The molecule has 1 aromatic heterocycles. The van der Waals surface area contributed by atoms with Crippen LogP contribution in [0.2, 0.25) is 0 Å². The van der Waals surface area contributed by atoms with Crippen molar-refractivity contribution in [2.75, 3.05) is 7.11 Å². The molecule has 0 fully saturated rings. The van der Waals surface area contributed by atoms with Gasteiger partial charge in [-0.1, -0.05) is 0 Å². The summed E-state index contributed by atoms with van der Waals surface area (Å²) >= 11 is 2.63. The molecule has 0 amide bonds. The molecule has 9 heteroatoms. The van der Waals surface area contributed by atoms with Crippen LogP contribution in [0.3, 0.4) is 0 Å². The van der Waals surface area contributed by atoms with E-state index in [-0.39, 0.29) is 0 Å². The van der Waals surface area contributed by atoms with Gasteiger partial charge in [0.2, 0.25) is 5.88 Å². The molecule has 0 aliphatic heterocycles. The molecule has 0 saturated carbocycles. The zero-order valence-electron chi connectivity index (χ0n) is 8.19. The summed E-state index contributed by atoms with van der Waals surface area (Å²) in [6, 6.07) is 0.639. The number of alkyl halides is 5. The van der Waals surface area contributed by atoms with Crippen molar-refractivity contribution in [2.24, 2.45) is 0 Å². The highest BCUT2D eigenvalue weighted by Crippen LogP contribution is 2.37. The van der Waals surface area contributed by atoms with Crippen molar-refractivity contribution in [1.82, 2.24) is 4.98 Å². The molecule has 0 aromatic carbocycles. The molecule has 0 aliphatic carbocycles. The van der Waals surface area contributed by atoms with Crippen LogP contribution in [-0.4, -0.2) is 18.5 Å². The third-order valence-electron chi connectivity index (χ3n) is 1.61. The second-order valence-electron chi connectivity index (χ2n) is 2.72. The fourth-order valence-electron chi connectivity index (χ4n) is 1.02. The lowest BCUT2D eigenvalue weighted by Crippen LogP contribution is -2.18. The van der Waals surface area contributed by atoms with Crippen molar-refractivity contribution in [3.63, 3.8) is 0 Å². The predicted octanol–water partition coefficient (Wildman–Crippen LogP) is 3.69. The first-order valence-electron chi connectivity index (χ1n) is 4.03. The van der Waals surface area contributed by atoms with Crippen molar-refractivity contribution in [1.29, 1.82) is 0 Å². The van der Waals surface area contributed by atoms with E-state index in [1.165, 1.54) is 0 Å². The van der Waals surface area contributed by atoms with Crippen molar-refractivity contribution in [2.45, 2.75) is 12.8 Å². The largest absolute Gasteiger partial charge is 0.574 e. The lowest BCUT2D eigenvalue weighted by atomic mass is 10.2. The summed E-state index contributed by atoms with van der Waals surface area (Å²) in [5, 5.41) is 0. The summed E-state index contributed by atoms with van der Waals surface area (Å²) < 4.78 is 68.3. The molecule has 0 N–H and O–H groups in total. The van der Waals surface area contributed by atoms with Gasteiger partial charge in [0.05, 0.1) is 12.7 Å². The first-order chi connectivity index (χ1) is 7.74. The quantitative estimate of drug-likeness (QED) is 0.628. The minimum absolute atomic E-state index is 0.443. The van der Waals surface area contributed by atoms with Gasteiger partial charge in [-0.25, -0.2) is 13.8 Å². The van der Waals surface area contributed by atoms with E-state index in [4.69, 9.17) is 0 Å². The third kappa shape index (κ3) is 3.69. The van der Waals surface area contributed by atoms with Crippen LogP contribution >= 0.6 is 15.9 Å². The molecule has 1 rings (SSSR count). The highest BCUT2D eigenvalue weighted by atomic mass is 79.9. The lowest BCUT2D eigenvalue weighted by Gasteiger charge is -2.13. The van der Waals surface area contributed by atoms with Crippen molar-refractivity contribution in [3.8, 4) is 11.6 Å². The second kappa shape index (κ2) is 5.03. The van der Waals surface area contributed by atoms with E-state index in [0.717, 1.165) is 7.11 Å². The number of aromatic nitrogens is 1. The van der Waals surface area contributed by atoms with Crippen LogP contribution in [0.5, 0.6) is 11.6 Å². The van der Waals surface area contributed by atoms with Gasteiger partial charge in [0.25, 0.3) is 6.43 Å². The smallest absolute Gasteiger partial charge is 0.496 e. The van der Waals surface area contributed by atoms with Gasteiger partial charge in [-0.2, -0.15) is 0 Å². The van der Waals surface area contributed by atoms with E-state index < -0.39 is 34.6 Å². The molecule has 0 bridgehead atoms. The van der Waals surface area contributed by atoms with Gasteiger partial charge in [-0.3, -0.25) is 0 Å². The van der Waals surface area contributed by atoms with Crippen molar-refractivity contribution in [3.05, 3.63) is 16.2 Å². The molecule has 1 aromatic rings. The van der Waals surface area contributed by atoms with Crippen molar-refractivity contribution < 1.29 is 31.4 Å². The molecule has 3 nitrogen and oxygen atoms in total. The number of pyridine rings is 1. The minimum Gasteiger partial charge on any atom is -0.496 e. The van der Waals surface area contributed by atoms with Gasteiger partial charge in [0.15, 0.2) is 0 Å². The van der Waals surface area contributed by atoms with Gasteiger partial charge < -0.3 is 9.47 Å². The summed E-state index contributed by atoms with van der Waals surface area (Å²) in [4.78, 5) is 3.20. The molecule has 96 valence electrons. The monoisotopic (exact) mass is 321 g/mol. The molecule has 0 radical (unpaired) electrons. The Balaban J connectivity index is 3.18. The van der Waals surface area contributed by atoms with E-state index in [0.29, 0.717) is 6.07 Å². The van der Waals surface area contributed by atoms with Gasteiger partial charge >= 0.3 is 6.36 Å². The molecular formula is C8H5BrF5NO2. The third-order valence-corrected chi connectivity index (χ3v) is 2.21. The number of hydrogen-bond acceptors (Lipinski definition) is 3. The average Bonchev–Trinajstić information content (AvgIpc) is 2.12. The molecule has 0 aliphatic rings. The van der Waals surface area contributed by atoms with E-state index in [1.807, 2.05) is 0 Å². The highest BCUT2D eigenvalue weighted by molar-refractivity contribution is 9.10. The molecule has 1 heterocycles. The van der Waals surface area contributed by atoms with Crippen LogP contribution in [0.1, 0.15) is 12.0 Å². The van der Waals surface area contributed by atoms with Gasteiger partial charge in [0, 0.05) is 6.07 Å². The van der Waals surface area contributed by atoms with Crippen LogP contribution < -0.4 is 9.47 Å². The number of rotatable bonds is 3. The maximum Gasteiger partial charge on any atom is 0.574 e. The molecule has 0 saturated heterocycles. The predicted molar refractivity (Wildman–Crippen MR) is 50.1 cm³/mol. The number of methoxy groups -OCH3 is 1. The Morgan fingerprint density at radius 3 is 2.35 bits per heavy atom. The normalized spacial score (nSPS) is 11.8. The van der Waals surface area contributed by atoms with Crippen LogP contribution in [-0.2, 0) is 0 Å². The topological polar surface area (TPSA) is 31.4 Å². The highest BCUT2D eigenvalue weighted by Gasteiger charge is 2.33. The van der Waals surface area contributed by atoms with Crippen LogP contribution in [0, 0.1) is 0 Å². The summed E-state index contributed by atoms with van der Waals surface area (Å²) in [5.74, 6) is -1.33. The zero-order chi connectivity index (χ0) is 13.2. The minimum atomic E-state index is -4.95. The summed E-state index contributed by atoms with van der Waals surface area (Å²) in [7, 11) is 1.05. The fourth-order valence-corrected chi connectivity index (χ4v) is 1.56. The maximum absolute atomic E-state index is 12.5. The second-order valence-corrected chi connectivity index (χ2v) is 3.47. The molecule has 0 atom stereocenters. The first-order valence-corrected chi connectivity index (χ1v) is 4.82. The Morgan fingerprint density at radius 1 is 1.35 bits per heavy atom. The van der Waals surface area contributed by atoms with Crippen LogP contribution in [0.4, 0.5) is 22.0 Å². The van der Waals surface area contributed by atoms with Gasteiger partial charge in [0.1, 0.15) is 10.4 Å². The molecule has 17 heavy (non-hydrogen) atoms. The lowest BCUT2D eigenvalue weighted by molar-refractivity contribution is -0.276. The average molecular weight is 322 g/mol. The first kappa shape index (κ1) is 13.9. The molecular weight excluding hydrogens is 317 g/mol.